The number of likely N-dealkylation sites (N-methyl/N-ethyl adjacent to an activating group) is 2. The first-order valence-corrected chi connectivity index (χ1v) is 8.23. The second kappa shape index (κ2) is 6.99. The van der Waals surface area contributed by atoms with Crippen molar-refractivity contribution in [1.82, 2.24) is 20.9 Å². The van der Waals surface area contributed by atoms with Crippen molar-refractivity contribution in [2.75, 3.05) is 25.9 Å². The molecule has 8 nitrogen and oxygen atoms in total. The average Bonchev–Trinajstić information content (AvgIpc) is 3.29. The summed E-state index contributed by atoms with van der Waals surface area (Å²) in [6.45, 7) is 2.75. The predicted molar refractivity (Wildman–Crippen MR) is 81.0 cm³/mol. The number of hydrogen-bond donors (Lipinski definition) is 3. The lowest BCUT2D eigenvalue weighted by molar-refractivity contribution is -0.132. The van der Waals surface area contributed by atoms with Crippen molar-refractivity contribution in [1.29, 1.82) is 0 Å². The van der Waals surface area contributed by atoms with Crippen molar-refractivity contribution < 1.29 is 19.2 Å². The lowest BCUT2D eigenvalue weighted by Crippen LogP contribution is -2.54. The van der Waals surface area contributed by atoms with Crippen LogP contribution in [0.2, 0.25) is 0 Å². The molecule has 0 aromatic rings. The molecule has 2 saturated heterocycles. The van der Waals surface area contributed by atoms with Gasteiger partial charge < -0.3 is 20.9 Å². The van der Waals surface area contributed by atoms with Crippen LogP contribution in [0.5, 0.6) is 0 Å². The second-order valence-corrected chi connectivity index (χ2v) is 6.39. The zero-order valence-corrected chi connectivity index (χ0v) is 13.4. The molecule has 0 saturated carbocycles. The van der Waals surface area contributed by atoms with Crippen LogP contribution in [0.1, 0.15) is 13.3 Å². The number of carbonyl (C=O) groups is 4. The fraction of sp³-hybridized carbons (Fsp3) is 0.692. The van der Waals surface area contributed by atoms with Gasteiger partial charge in [0.05, 0.1) is 11.8 Å². The molecular weight excluding hydrogens is 308 g/mol. The van der Waals surface area contributed by atoms with E-state index in [4.69, 9.17) is 0 Å². The van der Waals surface area contributed by atoms with Gasteiger partial charge in [-0.05, 0) is 6.92 Å². The van der Waals surface area contributed by atoms with E-state index < -0.39 is 17.3 Å². The van der Waals surface area contributed by atoms with E-state index in [9.17, 15) is 19.2 Å². The maximum absolute atomic E-state index is 12.1. The molecule has 2 unspecified atom stereocenters. The molecule has 2 aliphatic rings. The smallest absolute Gasteiger partial charge is 0.244 e. The first-order chi connectivity index (χ1) is 10.5. The molecule has 2 fully saturated rings. The molecule has 3 N–H and O–H groups in total. The number of carbonyl (C=O) groups excluding carboxylic acids is 4. The van der Waals surface area contributed by atoms with Crippen LogP contribution in [0.15, 0.2) is 0 Å². The van der Waals surface area contributed by atoms with Crippen LogP contribution in [0.25, 0.3) is 0 Å². The molecule has 122 valence electrons. The Hall–Kier alpha value is -1.77. The van der Waals surface area contributed by atoms with Crippen molar-refractivity contribution in [3.63, 3.8) is 0 Å². The van der Waals surface area contributed by atoms with Gasteiger partial charge in [0, 0.05) is 25.8 Å². The van der Waals surface area contributed by atoms with Crippen molar-refractivity contribution in [3.8, 4) is 0 Å². The van der Waals surface area contributed by atoms with Crippen molar-refractivity contribution >= 4 is 35.4 Å². The highest BCUT2D eigenvalue weighted by molar-refractivity contribution is 8.00. The normalized spacial score (nSPS) is 26.9. The number of nitrogens with zero attached hydrogens (tertiary/aromatic N) is 1. The van der Waals surface area contributed by atoms with Gasteiger partial charge in [-0.1, -0.05) is 0 Å². The van der Waals surface area contributed by atoms with E-state index in [0.29, 0.717) is 18.8 Å². The molecule has 2 heterocycles. The monoisotopic (exact) mass is 328 g/mol. The van der Waals surface area contributed by atoms with Crippen LogP contribution < -0.4 is 16.0 Å². The molecule has 0 aromatic heterocycles. The molecule has 0 radical (unpaired) electrons. The van der Waals surface area contributed by atoms with E-state index >= 15 is 0 Å². The molecule has 9 heteroatoms. The third kappa shape index (κ3) is 3.70. The summed E-state index contributed by atoms with van der Waals surface area (Å²) in [6.07, 6.45) is 0.0485. The van der Waals surface area contributed by atoms with Gasteiger partial charge in [-0.15, -0.1) is 11.8 Å². The Morgan fingerprint density at radius 2 is 2.09 bits per heavy atom. The number of hydrogen-bond acceptors (Lipinski definition) is 5. The summed E-state index contributed by atoms with van der Waals surface area (Å²) < 4.78 is 0. The van der Waals surface area contributed by atoms with Crippen LogP contribution in [0.4, 0.5) is 0 Å². The van der Waals surface area contributed by atoms with Crippen LogP contribution in [0, 0.1) is 0 Å². The minimum atomic E-state index is -0.557. The van der Waals surface area contributed by atoms with Crippen LogP contribution in [0.3, 0.4) is 0 Å². The number of amides is 4. The average molecular weight is 328 g/mol. The minimum absolute atomic E-state index is 0.0485. The Morgan fingerprint density at radius 1 is 1.36 bits per heavy atom. The molecule has 2 rings (SSSR count). The third-order valence-corrected chi connectivity index (χ3v) is 4.89. The number of nitrogens with one attached hydrogen (secondary N) is 3. The molecule has 0 aliphatic carbocycles. The van der Waals surface area contributed by atoms with Crippen LogP contribution >= 0.6 is 11.8 Å². The van der Waals surface area contributed by atoms with Gasteiger partial charge in [-0.2, -0.15) is 0 Å². The van der Waals surface area contributed by atoms with E-state index in [1.807, 2.05) is 6.92 Å². The highest BCUT2D eigenvalue weighted by Crippen LogP contribution is 2.25. The summed E-state index contributed by atoms with van der Waals surface area (Å²) in [6, 6.07) is -0.958. The second-order valence-electron chi connectivity index (χ2n) is 5.16. The highest BCUT2D eigenvalue weighted by atomic mass is 32.2. The zero-order chi connectivity index (χ0) is 16.3. The van der Waals surface area contributed by atoms with Gasteiger partial charge in [0.1, 0.15) is 12.1 Å². The van der Waals surface area contributed by atoms with E-state index in [1.165, 1.54) is 23.7 Å². The van der Waals surface area contributed by atoms with Gasteiger partial charge in [0.25, 0.3) is 0 Å². The third-order valence-electron chi connectivity index (χ3n) is 3.58. The summed E-state index contributed by atoms with van der Waals surface area (Å²) in [5.41, 5.74) is 0. The molecule has 22 heavy (non-hydrogen) atoms. The van der Waals surface area contributed by atoms with Crippen molar-refractivity contribution in [2.24, 2.45) is 0 Å². The van der Waals surface area contributed by atoms with Crippen molar-refractivity contribution in [3.05, 3.63) is 0 Å². The topological polar surface area (TPSA) is 107 Å². The van der Waals surface area contributed by atoms with E-state index in [2.05, 4.69) is 16.0 Å². The first-order valence-electron chi connectivity index (χ1n) is 7.18. The predicted octanol–water partition coefficient (Wildman–Crippen LogP) is -1.93. The Balaban J connectivity index is 1.80. The van der Waals surface area contributed by atoms with E-state index in [0.717, 1.165) is 0 Å². The Bertz CT molecular complexity index is 498. The summed E-state index contributed by atoms with van der Waals surface area (Å²) in [4.78, 5) is 48.6. The maximum atomic E-state index is 12.1. The standard InChI is InChI=1S/C13H20N4O4S/c1-3-15-12(20)8-5-17(8)10(18)4-9-13(21)16-7(6-22-9)11(19)14-2/h7-9H,3-6H2,1-2H3,(H,14,19)(H,15,20)(H,16,21)/t7-,8?,9?,17?/m1/s1. The van der Waals surface area contributed by atoms with Gasteiger partial charge in [-0.25, -0.2) is 0 Å². The molecular formula is C13H20N4O4S. The van der Waals surface area contributed by atoms with Gasteiger partial charge in [-0.3, -0.25) is 19.2 Å². The van der Waals surface area contributed by atoms with Gasteiger partial charge in [0.15, 0.2) is 0 Å². The summed E-state index contributed by atoms with van der Waals surface area (Å²) >= 11 is 1.30. The van der Waals surface area contributed by atoms with Gasteiger partial charge >= 0.3 is 0 Å². The SMILES string of the molecule is CCNC(=O)C1CN1C(=O)CC1SC[C@H](C(=O)NC)NC1=O. The fourth-order valence-corrected chi connectivity index (χ4v) is 3.41. The lowest BCUT2D eigenvalue weighted by Gasteiger charge is -2.27. The van der Waals surface area contributed by atoms with Crippen LogP contribution in [-0.2, 0) is 19.2 Å². The molecule has 0 aromatic carbocycles. The quantitative estimate of drug-likeness (QED) is 0.510. The Kier molecular flexibility index (Phi) is 5.28. The molecule has 0 bridgehead atoms. The Morgan fingerprint density at radius 3 is 2.68 bits per heavy atom. The summed E-state index contributed by atoms with van der Waals surface area (Å²) in [5, 5.41) is 7.25. The summed E-state index contributed by atoms with van der Waals surface area (Å²) in [7, 11) is 1.51. The molecule has 3 atom stereocenters. The molecule has 0 spiro atoms. The maximum Gasteiger partial charge on any atom is 0.244 e. The Labute approximate surface area is 132 Å². The van der Waals surface area contributed by atoms with E-state index in [1.54, 1.807) is 0 Å². The minimum Gasteiger partial charge on any atom is -0.357 e. The lowest BCUT2D eigenvalue weighted by atomic mass is 10.2. The largest absolute Gasteiger partial charge is 0.357 e. The molecule has 2 aliphatic heterocycles. The number of rotatable bonds is 5. The first kappa shape index (κ1) is 16.6. The highest BCUT2D eigenvalue weighted by Gasteiger charge is 2.45. The zero-order valence-electron chi connectivity index (χ0n) is 12.5. The van der Waals surface area contributed by atoms with Crippen molar-refractivity contribution in [2.45, 2.75) is 30.7 Å². The van der Waals surface area contributed by atoms with Crippen LogP contribution in [-0.4, -0.2) is 71.8 Å². The number of thioether (sulfide) groups is 1. The summed E-state index contributed by atoms with van der Waals surface area (Å²) in [5.74, 6) is -0.482. The van der Waals surface area contributed by atoms with Gasteiger partial charge in [0.2, 0.25) is 23.6 Å². The van der Waals surface area contributed by atoms with E-state index in [-0.39, 0.29) is 30.0 Å². The molecule has 4 amide bonds. The fourth-order valence-electron chi connectivity index (χ4n) is 2.27.